The number of aryl methyl sites for hydroxylation is 8. The van der Waals surface area contributed by atoms with Crippen molar-refractivity contribution < 1.29 is 125 Å². The predicted molar refractivity (Wildman–Crippen MR) is 571 cm³/mol. The van der Waals surface area contributed by atoms with Crippen molar-refractivity contribution in [1.29, 1.82) is 0 Å². The molecule has 0 saturated heterocycles. The van der Waals surface area contributed by atoms with E-state index in [-0.39, 0.29) is 142 Å². The molecule has 0 fully saturated rings. The Balaban J connectivity index is 0.00000997. The molecule has 14 rings (SSSR count). The van der Waals surface area contributed by atoms with E-state index in [2.05, 4.69) is 71.0 Å². The molecule has 4 aromatic carbocycles. The molecule has 0 atom stereocenters. The molecule has 0 aliphatic carbocycles. The summed E-state index contributed by atoms with van der Waals surface area (Å²) in [6.45, 7) is 21.8. The number of carbonyl (C=O) groups is 8. The Labute approximate surface area is 898 Å². The van der Waals surface area contributed by atoms with Crippen molar-refractivity contribution in [2.75, 3.05) is 56.9 Å². The summed E-state index contributed by atoms with van der Waals surface area (Å²) < 4.78 is 42.3. The molecular weight excluding hydrogens is 2000 g/mol. The third kappa shape index (κ3) is 26.2. The van der Waals surface area contributed by atoms with Gasteiger partial charge in [0.25, 0.3) is 0 Å². The molecule has 10 heterocycles. The van der Waals surface area contributed by atoms with Gasteiger partial charge >= 0.3 is 86.7 Å². The van der Waals surface area contributed by atoms with Crippen LogP contribution in [0.5, 0.6) is 0 Å². The van der Waals surface area contributed by atoms with Gasteiger partial charge < -0.3 is 68.0 Å². The summed E-state index contributed by atoms with van der Waals surface area (Å²) in [7, 11) is 10.7. The van der Waals surface area contributed by atoms with Crippen molar-refractivity contribution in [1.82, 2.24) is 39.9 Å². The zero-order valence-electron chi connectivity index (χ0n) is 88.3. The Hall–Kier alpha value is -15.6. The fourth-order valence-electron chi connectivity index (χ4n) is 18.8. The Kier molecular flexibility index (Phi) is 37.6. The van der Waals surface area contributed by atoms with Crippen molar-refractivity contribution in [3.05, 3.63) is 234 Å². The Bertz CT molecular complexity index is 7650. The molecule has 150 heavy (non-hydrogen) atoms. The van der Waals surface area contributed by atoms with Gasteiger partial charge in [0.2, 0.25) is 0 Å². The zero-order chi connectivity index (χ0) is 106. The monoisotopic (exact) mass is 2110 g/mol. The van der Waals surface area contributed by atoms with Crippen LogP contribution in [-0.2, 0) is 141 Å². The minimum Gasteiger partial charge on any atom is -0.657 e. The Morgan fingerprint density at radius 3 is 0.653 bits per heavy atom. The second kappa shape index (κ2) is 49.9. The van der Waals surface area contributed by atoms with E-state index in [1.807, 2.05) is 177 Å². The Morgan fingerprint density at radius 1 is 0.280 bits per heavy atom. The van der Waals surface area contributed by atoms with Gasteiger partial charge in [0.1, 0.15) is 11.2 Å². The molecule has 6 aromatic heterocycles. The van der Waals surface area contributed by atoms with Crippen LogP contribution >= 0.6 is 0 Å². The largest absolute Gasteiger partial charge is 2.00 e. The number of nitrogens with zero attached hydrogens (tertiary/aromatic N) is 8. The van der Waals surface area contributed by atoms with Crippen LogP contribution in [-0.4, -0.2) is 146 Å². The summed E-state index contributed by atoms with van der Waals surface area (Å²) in [5, 5.41) is 20.9. The van der Waals surface area contributed by atoms with Crippen LogP contribution in [0.1, 0.15) is 245 Å². The topological polar surface area (TPSA) is 359 Å². The van der Waals surface area contributed by atoms with E-state index in [1.165, 1.54) is 56.9 Å². The number of benzene rings is 4. The zero-order valence-corrected chi connectivity index (χ0v) is 94.2. The standard InChI is InChI=1S/C122H114N8O18.2Zn/c1-69-85(43-51-101(131)141-13)93-65-97-89(47-55-105(135)145-17)73(5)117(127-97)111(83-41-29-37-79(63-83)33-23-25-59-121(9,10)139)118-74(6)90(48-56-106(136)146-18)98(128-118)66-94-86(44-52-102(132)142-14)70(2)114(124-94)109(113(69)123-93)81-39-27-35-77(61-81)31-21-22-32-78-36-28-40-82(62-78)110-115-71(3)87(45-53-103(133)143-15)95(125-115)67-99-91(49-57-107(137)147-19)75(7)119(129-99)112(84-42-30-38-80(64-84)34-24-26-60-122(11,12)140)120-76(8)92(50-58-108(138)148-20)100(130-120)68-96-88(46-54-104(134)144-16)72(4)116(110)126-96;;/h27-30,35-42,61-68,139-140H,43-58H2,1-20H3;;/q-4;2*+2. The van der Waals surface area contributed by atoms with E-state index < -0.39 is 59.0 Å². The van der Waals surface area contributed by atoms with Gasteiger partial charge in [0, 0.05) is 73.6 Å². The molecule has 0 radical (unpaired) electrons. The molecule has 4 aliphatic heterocycles. The van der Waals surface area contributed by atoms with Gasteiger partial charge in [-0.05, 0) is 308 Å². The molecule has 16 bridgehead atoms. The fourth-order valence-corrected chi connectivity index (χ4v) is 18.8. The first-order valence-electron chi connectivity index (χ1n) is 48.6. The van der Waals surface area contributed by atoms with Crippen molar-refractivity contribution in [2.24, 2.45) is 0 Å². The second-order valence-electron chi connectivity index (χ2n) is 37.2. The first kappa shape index (κ1) is 113. The van der Waals surface area contributed by atoms with Crippen LogP contribution in [0, 0.1) is 98.7 Å². The predicted octanol–water partition coefficient (Wildman–Crippen LogP) is 19.0. The first-order valence-corrected chi connectivity index (χ1v) is 48.6. The van der Waals surface area contributed by atoms with Crippen LogP contribution in [0.3, 0.4) is 0 Å². The average molecular weight is 2110 g/mol. The molecule has 26 nitrogen and oxygen atoms in total. The van der Waals surface area contributed by atoms with Crippen molar-refractivity contribution >= 4 is 136 Å². The molecule has 10 aromatic rings. The normalized spacial score (nSPS) is 11.9. The van der Waals surface area contributed by atoms with Crippen LogP contribution in [0.15, 0.2) is 121 Å². The van der Waals surface area contributed by atoms with Crippen molar-refractivity contribution in [3.8, 4) is 116 Å². The molecule has 4 aliphatic rings. The van der Waals surface area contributed by atoms with E-state index in [0.717, 1.165) is 0 Å². The molecule has 0 saturated carbocycles. The third-order valence-electron chi connectivity index (χ3n) is 26.6. The van der Waals surface area contributed by atoms with Gasteiger partial charge in [-0.2, -0.15) is 0 Å². The van der Waals surface area contributed by atoms with Crippen LogP contribution in [0.4, 0.5) is 0 Å². The summed E-state index contributed by atoms with van der Waals surface area (Å²) in [4.78, 5) is 153. The van der Waals surface area contributed by atoms with Crippen molar-refractivity contribution in [2.45, 2.75) is 197 Å². The minimum atomic E-state index is -1.29. The number of fused-ring (bicyclic) bond motifs is 16. The van der Waals surface area contributed by atoms with Crippen LogP contribution in [0.2, 0.25) is 0 Å². The number of hydrogen-bond donors (Lipinski definition) is 2. The number of allylic oxidation sites excluding steroid dienone is 8. The number of rotatable bonds is 28. The summed E-state index contributed by atoms with van der Waals surface area (Å²) >= 11 is 0. The van der Waals surface area contributed by atoms with E-state index in [4.69, 9.17) is 77.8 Å². The summed E-state index contributed by atoms with van der Waals surface area (Å²) in [6, 6.07) is 37.8. The molecular formula is C122H114N8O18Zn2. The minimum absolute atomic E-state index is 0. The number of ether oxygens (including phenoxy) is 8. The molecule has 0 unspecified atom stereocenters. The van der Waals surface area contributed by atoms with Gasteiger partial charge in [-0.1, -0.05) is 153 Å². The molecule has 0 spiro atoms. The first-order chi connectivity index (χ1) is 70.9. The van der Waals surface area contributed by atoms with Crippen molar-refractivity contribution in [3.63, 3.8) is 0 Å². The number of esters is 8. The molecule has 2 N–H and O–H groups in total. The van der Waals surface area contributed by atoms with E-state index >= 15 is 0 Å². The number of methoxy groups -OCH3 is 8. The summed E-state index contributed by atoms with van der Waals surface area (Å²) in [5.41, 5.74) is 23.4. The molecule has 28 heteroatoms. The SMILES string of the molecule is COC(=O)CCC1=C(C)c2nc1cc1[n-]c(c(C)c1CCC(=O)OC)c(-c1cccc(C#CC#Cc3cccc(-c4c5nc(cc6[n-]c(c(C)c6CCC(=O)OC)c(-c6cccc(C#CC#CC(C)(C)O)c6)c6nc(cc7[n-]c4c(C)c7CCC(=O)OC)C(CCC(=O)OC)=C6C)C(CCC(=O)OC)=C5C)c3)c1)c1nc(cc3[n-]c(c(C)c3CCC(=O)OC)c2-c2cccc(C#CC#CC(C)(C)O)c2)C(CCC(=O)OC)=C1C.[Zn+2].[Zn+2]. The molecule has 0 amide bonds. The number of aromatic nitrogens is 8. The maximum Gasteiger partial charge on any atom is 2.00 e. The van der Waals surface area contributed by atoms with Gasteiger partial charge in [-0.3, -0.25) is 38.4 Å². The van der Waals surface area contributed by atoms with Gasteiger partial charge in [0.15, 0.2) is 0 Å². The summed E-state index contributed by atoms with van der Waals surface area (Å²) in [6.07, 6.45) is 1.13. The maximum absolute atomic E-state index is 13.5. The van der Waals surface area contributed by atoms with E-state index in [1.54, 1.807) is 27.7 Å². The van der Waals surface area contributed by atoms with Crippen LogP contribution in [0.25, 0.3) is 133 Å². The third-order valence-corrected chi connectivity index (χ3v) is 26.6. The van der Waals surface area contributed by atoms with Gasteiger partial charge in [-0.15, -0.1) is 44.1 Å². The summed E-state index contributed by atoms with van der Waals surface area (Å²) in [5.74, 6) is 32.5. The fraction of sp³-hybridized carbons (Fsp3) is 0.311. The number of aliphatic hydroxyl groups is 2. The number of hydrogen-bond acceptors (Lipinski definition) is 22. The smallest absolute Gasteiger partial charge is 0.657 e. The average Bonchev–Trinajstić information content (AvgIpc) is 1.59. The van der Waals surface area contributed by atoms with Gasteiger partial charge in [0.05, 0.1) is 102 Å². The maximum atomic E-state index is 13.5. The Morgan fingerprint density at radius 2 is 0.467 bits per heavy atom. The van der Waals surface area contributed by atoms with E-state index in [0.29, 0.717) is 246 Å². The number of carbonyl (C=O) groups excluding carboxylic acids is 8. The quantitative estimate of drug-likeness (QED) is 0.0199. The molecule has 754 valence electrons. The van der Waals surface area contributed by atoms with Crippen LogP contribution < -0.4 is 19.9 Å². The van der Waals surface area contributed by atoms with E-state index in [9.17, 15) is 48.6 Å². The van der Waals surface area contributed by atoms with Gasteiger partial charge in [-0.25, -0.2) is 19.9 Å². The second-order valence-corrected chi connectivity index (χ2v) is 37.2.